The van der Waals surface area contributed by atoms with Gasteiger partial charge in [-0.15, -0.1) is 0 Å². The van der Waals surface area contributed by atoms with Crippen LogP contribution in [0.5, 0.6) is 0 Å². The van der Waals surface area contributed by atoms with Gasteiger partial charge >= 0.3 is 5.97 Å². The van der Waals surface area contributed by atoms with E-state index in [-0.39, 0.29) is 65.0 Å². The number of rotatable bonds is 12. The Morgan fingerprint density at radius 2 is 1.90 bits per heavy atom. The zero-order valence-electron chi connectivity index (χ0n) is 26.5. The van der Waals surface area contributed by atoms with Crippen LogP contribution < -0.4 is 5.32 Å². The summed E-state index contributed by atoms with van der Waals surface area (Å²) in [6, 6.07) is -0.0406. The van der Waals surface area contributed by atoms with Crippen molar-refractivity contribution in [2.24, 2.45) is 28.6 Å². The van der Waals surface area contributed by atoms with E-state index in [1.54, 1.807) is 12.2 Å². The van der Waals surface area contributed by atoms with Gasteiger partial charge in [-0.1, -0.05) is 43.7 Å². The minimum atomic E-state index is -0.346. The van der Waals surface area contributed by atoms with Gasteiger partial charge in [0.15, 0.2) is 0 Å². The van der Waals surface area contributed by atoms with Gasteiger partial charge in [0, 0.05) is 23.8 Å². The lowest BCUT2D eigenvalue weighted by Crippen LogP contribution is -2.50. The zero-order valence-corrected chi connectivity index (χ0v) is 26.5. The number of ether oxygens (including phenoxy) is 4. The molecule has 2 saturated carbocycles. The summed E-state index contributed by atoms with van der Waals surface area (Å²) in [6.45, 7) is 12.4. The Kier molecular flexibility index (Phi) is 11.1. The van der Waals surface area contributed by atoms with Gasteiger partial charge in [-0.2, -0.15) is 0 Å². The average Bonchev–Trinajstić information content (AvgIpc) is 3.71. The first-order valence-corrected chi connectivity index (χ1v) is 15.9. The summed E-state index contributed by atoms with van der Waals surface area (Å²) in [7, 11) is 1.44. The third kappa shape index (κ3) is 8.77. The molecule has 2 aliphatic carbocycles. The Labute approximate surface area is 252 Å². The molecule has 2 saturated heterocycles. The number of allylic oxidation sites excluding steroid dienone is 2. The van der Waals surface area contributed by atoms with Crippen molar-refractivity contribution in [3.8, 4) is 0 Å². The molecular weight excluding hydrogens is 534 g/mol. The second kappa shape index (κ2) is 14.2. The van der Waals surface area contributed by atoms with Crippen LogP contribution in [0.2, 0.25) is 0 Å². The molecular formula is C34H53NO7. The molecule has 236 valence electrons. The van der Waals surface area contributed by atoms with Gasteiger partial charge in [-0.05, 0) is 76.5 Å². The third-order valence-electron chi connectivity index (χ3n) is 9.85. The maximum absolute atomic E-state index is 12.6. The predicted octanol–water partition coefficient (Wildman–Crippen LogP) is 4.91. The molecule has 1 unspecified atom stereocenters. The molecule has 0 bridgehead atoms. The Morgan fingerprint density at radius 1 is 1.17 bits per heavy atom. The van der Waals surface area contributed by atoms with Crippen LogP contribution in [0.3, 0.4) is 0 Å². The first kappa shape index (κ1) is 32.9. The van der Waals surface area contributed by atoms with Crippen LogP contribution in [0.25, 0.3) is 0 Å². The number of hydrogen-bond acceptors (Lipinski definition) is 7. The van der Waals surface area contributed by atoms with E-state index in [4.69, 9.17) is 18.9 Å². The number of esters is 1. The minimum Gasteiger partial charge on any atom is -0.469 e. The molecule has 0 aromatic rings. The lowest BCUT2D eigenvalue weighted by Gasteiger charge is -2.39. The van der Waals surface area contributed by atoms with Crippen molar-refractivity contribution in [2.45, 2.75) is 110 Å². The van der Waals surface area contributed by atoms with Gasteiger partial charge in [0.2, 0.25) is 5.91 Å². The van der Waals surface area contributed by atoms with Crippen molar-refractivity contribution in [2.75, 3.05) is 26.9 Å². The highest BCUT2D eigenvalue weighted by atomic mass is 16.5. The van der Waals surface area contributed by atoms with Gasteiger partial charge < -0.3 is 29.4 Å². The molecule has 8 heteroatoms. The number of aliphatic hydroxyl groups is 1. The standard InChI is InChI=1S/C34H53NO7/c1-22(7-10-27-16-26(17-31(37)39-6)18-34(13-14-34)32(27)38)8-11-29-23(2)15-28(25(4)42-29)35-30(36)12-9-24(3)41-21-33(5)19-40-20-33/h7-10,12,23-29,32,38H,11,13-21H2,1-6H3,(H,35,36)/b10-7+,12-9-,22-8+/t23-,24?,25+,26+,27-,28+,29-,32+/m0/s1. The number of aliphatic hydroxyl groups excluding tert-OH is 1. The summed E-state index contributed by atoms with van der Waals surface area (Å²) in [4.78, 5) is 24.5. The van der Waals surface area contributed by atoms with Gasteiger partial charge in [0.25, 0.3) is 0 Å². The van der Waals surface area contributed by atoms with E-state index in [1.165, 1.54) is 7.11 Å². The smallest absolute Gasteiger partial charge is 0.305 e. The Balaban J connectivity index is 1.22. The summed E-state index contributed by atoms with van der Waals surface area (Å²) < 4.78 is 22.4. The molecule has 0 aromatic heterocycles. The normalized spacial score (nSPS) is 34.7. The first-order valence-electron chi connectivity index (χ1n) is 15.9. The van der Waals surface area contributed by atoms with Crippen molar-refractivity contribution in [3.63, 3.8) is 0 Å². The highest BCUT2D eigenvalue weighted by Gasteiger charge is 2.55. The molecule has 4 rings (SSSR count). The van der Waals surface area contributed by atoms with Crippen LogP contribution in [-0.4, -0.2) is 74.4 Å². The number of carbonyl (C=O) groups excluding carboxylic acids is 2. The Bertz CT molecular complexity index is 1030. The molecule has 2 N–H and O–H groups in total. The van der Waals surface area contributed by atoms with Crippen molar-refractivity contribution in [1.82, 2.24) is 5.32 Å². The maximum Gasteiger partial charge on any atom is 0.305 e. The van der Waals surface area contributed by atoms with Gasteiger partial charge in [0.1, 0.15) is 0 Å². The van der Waals surface area contributed by atoms with Crippen molar-refractivity contribution >= 4 is 11.9 Å². The van der Waals surface area contributed by atoms with Gasteiger partial charge in [-0.3, -0.25) is 9.59 Å². The molecule has 2 aliphatic heterocycles. The van der Waals surface area contributed by atoms with Crippen molar-refractivity contribution < 1.29 is 33.6 Å². The van der Waals surface area contributed by atoms with Crippen molar-refractivity contribution in [1.29, 1.82) is 0 Å². The lowest BCUT2D eigenvalue weighted by molar-refractivity contribution is -0.143. The summed E-state index contributed by atoms with van der Waals surface area (Å²) in [6.07, 6.45) is 15.2. The fourth-order valence-electron chi connectivity index (χ4n) is 6.80. The van der Waals surface area contributed by atoms with E-state index < -0.39 is 0 Å². The number of amides is 1. The molecule has 8 atom stereocenters. The number of carbonyl (C=O) groups is 2. The molecule has 1 amide bonds. The van der Waals surface area contributed by atoms with Crippen LogP contribution in [0.1, 0.15) is 79.6 Å². The molecule has 8 nitrogen and oxygen atoms in total. The predicted molar refractivity (Wildman–Crippen MR) is 162 cm³/mol. The Morgan fingerprint density at radius 3 is 2.55 bits per heavy atom. The fraction of sp³-hybridized carbons (Fsp3) is 0.765. The number of hydrogen-bond donors (Lipinski definition) is 2. The summed E-state index contributed by atoms with van der Waals surface area (Å²) in [5, 5.41) is 14.2. The third-order valence-corrected chi connectivity index (χ3v) is 9.85. The molecule has 0 radical (unpaired) electrons. The van der Waals surface area contributed by atoms with Crippen LogP contribution in [0.4, 0.5) is 0 Å². The second-order valence-electron chi connectivity index (χ2n) is 14.0. The summed E-state index contributed by atoms with van der Waals surface area (Å²) >= 11 is 0. The van der Waals surface area contributed by atoms with Gasteiger partial charge in [0.05, 0.1) is 57.4 Å². The quantitative estimate of drug-likeness (QED) is 0.190. The molecule has 2 heterocycles. The van der Waals surface area contributed by atoms with E-state index in [0.717, 1.165) is 57.3 Å². The van der Waals surface area contributed by atoms with Gasteiger partial charge in [-0.25, -0.2) is 0 Å². The molecule has 4 aliphatic rings. The molecule has 1 spiro atoms. The Hall–Kier alpha value is -2.00. The summed E-state index contributed by atoms with van der Waals surface area (Å²) in [5.74, 6) is 0.326. The van der Waals surface area contributed by atoms with E-state index in [1.807, 2.05) is 13.8 Å². The molecule has 42 heavy (non-hydrogen) atoms. The molecule has 0 aromatic carbocycles. The van der Waals surface area contributed by atoms with E-state index in [2.05, 4.69) is 44.3 Å². The SMILES string of the molecule is COC(=O)C[C@H]1C[C@H](/C=C/C(C)=C/C[C@@H]2O[C@H](C)[C@H](NC(=O)/C=C\C(C)OCC3(C)COC3)C[C@@H]2C)[C@@H](O)C2(CC2)C1. The van der Waals surface area contributed by atoms with Crippen LogP contribution in [0.15, 0.2) is 36.0 Å². The van der Waals surface area contributed by atoms with E-state index in [0.29, 0.717) is 18.9 Å². The van der Waals surface area contributed by atoms with Crippen LogP contribution in [-0.2, 0) is 28.5 Å². The van der Waals surface area contributed by atoms with E-state index >= 15 is 0 Å². The van der Waals surface area contributed by atoms with Crippen LogP contribution in [0, 0.1) is 28.6 Å². The summed E-state index contributed by atoms with van der Waals surface area (Å²) in [5.41, 5.74) is 1.22. The first-order chi connectivity index (χ1) is 19.9. The largest absolute Gasteiger partial charge is 0.469 e. The highest BCUT2D eigenvalue weighted by Crippen LogP contribution is 2.59. The fourth-order valence-corrected chi connectivity index (χ4v) is 6.80. The monoisotopic (exact) mass is 587 g/mol. The maximum atomic E-state index is 12.6. The molecule has 4 fully saturated rings. The van der Waals surface area contributed by atoms with Crippen molar-refractivity contribution in [3.05, 3.63) is 36.0 Å². The number of methoxy groups -OCH3 is 1. The zero-order chi connectivity index (χ0) is 30.5. The highest BCUT2D eigenvalue weighted by molar-refractivity contribution is 5.87. The van der Waals surface area contributed by atoms with Crippen LogP contribution >= 0.6 is 0 Å². The number of nitrogens with one attached hydrogen (secondary N) is 1. The second-order valence-corrected chi connectivity index (χ2v) is 14.0. The lowest BCUT2D eigenvalue weighted by atomic mass is 9.69. The topological polar surface area (TPSA) is 103 Å². The average molecular weight is 588 g/mol. The minimum absolute atomic E-state index is 0.0112. The van der Waals surface area contributed by atoms with E-state index in [9.17, 15) is 14.7 Å².